The molecule has 1 aliphatic rings. The first kappa shape index (κ1) is 18.8. The molecular formula is C19H14N2O7. The molecule has 3 rings (SSSR count). The van der Waals surface area contributed by atoms with Crippen LogP contribution >= 0.6 is 0 Å². The van der Waals surface area contributed by atoms with Crippen molar-refractivity contribution in [3.8, 4) is 0 Å². The largest absolute Gasteiger partial charge is 0.507 e. The number of ketones is 1. The fourth-order valence-electron chi connectivity index (χ4n) is 3.10. The summed E-state index contributed by atoms with van der Waals surface area (Å²) in [5, 5.41) is 30.9. The van der Waals surface area contributed by atoms with Gasteiger partial charge in [-0.05, 0) is 5.56 Å². The number of aliphatic hydroxyl groups excluding tert-OH is 1. The van der Waals surface area contributed by atoms with Gasteiger partial charge in [-0.2, -0.15) is 0 Å². The fraction of sp³-hybridized carbons (Fsp3) is 0.105. The monoisotopic (exact) mass is 382 g/mol. The number of Topliss-reactive ketones (excluding diaryl/α,β-unsaturated/α-hetero) is 1. The number of likely N-dealkylation sites (tertiary alicyclic amines) is 1. The van der Waals surface area contributed by atoms with E-state index in [9.17, 15) is 29.6 Å². The quantitative estimate of drug-likeness (QED) is 0.265. The summed E-state index contributed by atoms with van der Waals surface area (Å²) in [6, 6.07) is 11.8. The van der Waals surface area contributed by atoms with Gasteiger partial charge in [0.2, 0.25) is 0 Å². The lowest BCUT2D eigenvalue weighted by molar-refractivity contribution is -0.384. The van der Waals surface area contributed by atoms with E-state index in [4.69, 9.17) is 5.11 Å². The summed E-state index contributed by atoms with van der Waals surface area (Å²) >= 11 is 0. The van der Waals surface area contributed by atoms with Crippen molar-refractivity contribution in [1.82, 2.24) is 4.90 Å². The Morgan fingerprint density at radius 1 is 1.07 bits per heavy atom. The number of aliphatic hydroxyl groups is 1. The third-order valence-electron chi connectivity index (χ3n) is 4.29. The Hall–Kier alpha value is -4.01. The van der Waals surface area contributed by atoms with Gasteiger partial charge in [0.25, 0.3) is 17.4 Å². The second-order valence-electron chi connectivity index (χ2n) is 6.04. The lowest BCUT2D eigenvalue weighted by Crippen LogP contribution is -2.34. The number of nitro benzene ring substituents is 1. The van der Waals surface area contributed by atoms with E-state index in [-0.39, 0.29) is 22.4 Å². The SMILES string of the molecule is O=C(O)CN1C(=O)C(=O)C(=C(O)c2ccccc2)[C@H]1c1cccc([N+](=O)[O-])c1. The van der Waals surface area contributed by atoms with Crippen molar-refractivity contribution >= 4 is 29.1 Å². The minimum atomic E-state index is -1.36. The summed E-state index contributed by atoms with van der Waals surface area (Å²) in [6.07, 6.45) is 0. The predicted molar refractivity (Wildman–Crippen MR) is 96.2 cm³/mol. The zero-order valence-corrected chi connectivity index (χ0v) is 14.3. The number of nitro groups is 1. The van der Waals surface area contributed by atoms with Crippen LogP contribution in [0, 0.1) is 10.1 Å². The molecular weight excluding hydrogens is 368 g/mol. The van der Waals surface area contributed by atoms with Crippen LogP contribution in [-0.4, -0.2) is 44.2 Å². The van der Waals surface area contributed by atoms with Crippen LogP contribution in [0.1, 0.15) is 17.2 Å². The fourth-order valence-corrected chi connectivity index (χ4v) is 3.10. The molecule has 1 heterocycles. The van der Waals surface area contributed by atoms with Crippen LogP contribution in [0.3, 0.4) is 0 Å². The maximum absolute atomic E-state index is 12.6. The standard InChI is InChI=1S/C19H14N2O7/c22-14(23)10-20-16(12-7-4-8-13(9-12)21(27)28)15(18(25)19(20)26)17(24)11-5-2-1-3-6-11/h1-9,16,24H,10H2,(H,22,23)/t16-/m1/s1. The first-order valence-corrected chi connectivity index (χ1v) is 8.11. The summed E-state index contributed by atoms with van der Waals surface area (Å²) in [7, 11) is 0. The number of carboxylic acids is 1. The summed E-state index contributed by atoms with van der Waals surface area (Å²) in [4.78, 5) is 47.4. The summed E-state index contributed by atoms with van der Waals surface area (Å²) < 4.78 is 0. The molecule has 0 bridgehead atoms. The minimum Gasteiger partial charge on any atom is -0.507 e. The molecule has 2 aromatic carbocycles. The molecule has 9 nitrogen and oxygen atoms in total. The van der Waals surface area contributed by atoms with Gasteiger partial charge in [0.05, 0.1) is 16.5 Å². The highest BCUT2D eigenvalue weighted by Gasteiger charge is 2.47. The average molecular weight is 382 g/mol. The van der Waals surface area contributed by atoms with E-state index < -0.39 is 40.9 Å². The van der Waals surface area contributed by atoms with Gasteiger partial charge in [-0.3, -0.25) is 24.5 Å². The maximum atomic E-state index is 12.6. The number of nitrogens with zero attached hydrogens (tertiary/aromatic N) is 2. The molecule has 9 heteroatoms. The van der Waals surface area contributed by atoms with Crippen LogP contribution in [0.15, 0.2) is 60.2 Å². The van der Waals surface area contributed by atoms with Crippen LogP contribution in [0.5, 0.6) is 0 Å². The van der Waals surface area contributed by atoms with Crippen LogP contribution < -0.4 is 0 Å². The highest BCUT2D eigenvalue weighted by Crippen LogP contribution is 2.39. The summed E-state index contributed by atoms with van der Waals surface area (Å²) in [6.45, 7) is -0.802. The van der Waals surface area contributed by atoms with Gasteiger partial charge in [-0.1, -0.05) is 42.5 Å². The van der Waals surface area contributed by atoms with Crippen molar-refractivity contribution in [2.24, 2.45) is 0 Å². The van der Waals surface area contributed by atoms with Gasteiger partial charge < -0.3 is 15.1 Å². The van der Waals surface area contributed by atoms with Gasteiger partial charge in [-0.15, -0.1) is 0 Å². The molecule has 0 aromatic heterocycles. The number of rotatable bonds is 5. The highest BCUT2D eigenvalue weighted by molar-refractivity contribution is 6.46. The van der Waals surface area contributed by atoms with Crippen molar-refractivity contribution in [2.45, 2.75) is 6.04 Å². The Morgan fingerprint density at radius 3 is 2.36 bits per heavy atom. The van der Waals surface area contributed by atoms with Crippen molar-refractivity contribution < 1.29 is 29.5 Å². The van der Waals surface area contributed by atoms with Crippen molar-refractivity contribution in [1.29, 1.82) is 0 Å². The normalized spacial score (nSPS) is 18.3. The van der Waals surface area contributed by atoms with Gasteiger partial charge in [-0.25, -0.2) is 0 Å². The molecule has 0 aliphatic carbocycles. The van der Waals surface area contributed by atoms with Crippen LogP contribution in [-0.2, 0) is 14.4 Å². The average Bonchev–Trinajstić information content (AvgIpc) is 2.92. The lowest BCUT2D eigenvalue weighted by atomic mass is 9.95. The number of hydrogen-bond acceptors (Lipinski definition) is 6. The molecule has 1 saturated heterocycles. The highest BCUT2D eigenvalue weighted by atomic mass is 16.6. The van der Waals surface area contributed by atoms with Crippen LogP contribution in [0.4, 0.5) is 5.69 Å². The first-order valence-electron chi connectivity index (χ1n) is 8.11. The molecule has 0 saturated carbocycles. The molecule has 0 unspecified atom stereocenters. The molecule has 1 amide bonds. The molecule has 28 heavy (non-hydrogen) atoms. The Bertz CT molecular complexity index is 1010. The van der Waals surface area contributed by atoms with Gasteiger partial charge in [0.1, 0.15) is 12.3 Å². The van der Waals surface area contributed by atoms with E-state index in [1.54, 1.807) is 18.2 Å². The molecule has 1 fully saturated rings. The lowest BCUT2D eigenvalue weighted by Gasteiger charge is -2.23. The second kappa shape index (κ2) is 7.31. The van der Waals surface area contributed by atoms with Crippen molar-refractivity contribution in [3.63, 3.8) is 0 Å². The third-order valence-corrected chi connectivity index (χ3v) is 4.29. The number of carbonyl (C=O) groups excluding carboxylic acids is 2. The molecule has 1 aliphatic heterocycles. The number of aliphatic carboxylic acids is 1. The molecule has 142 valence electrons. The van der Waals surface area contributed by atoms with Crippen molar-refractivity contribution in [3.05, 3.63) is 81.4 Å². The number of carboxylic acid groups (broad SMARTS) is 1. The Kier molecular flexibility index (Phi) is 4.90. The Balaban J connectivity index is 2.23. The molecule has 0 spiro atoms. The van der Waals surface area contributed by atoms with Gasteiger partial charge >= 0.3 is 5.97 Å². The number of amides is 1. The van der Waals surface area contributed by atoms with Crippen LogP contribution in [0.2, 0.25) is 0 Å². The molecule has 2 N–H and O–H groups in total. The number of hydrogen-bond donors (Lipinski definition) is 2. The zero-order valence-electron chi connectivity index (χ0n) is 14.3. The summed E-state index contributed by atoms with van der Waals surface area (Å²) in [5.41, 5.74) is -0.213. The topological polar surface area (TPSA) is 138 Å². The maximum Gasteiger partial charge on any atom is 0.323 e. The van der Waals surface area contributed by atoms with E-state index in [1.807, 2.05) is 0 Å². The number of non-ortho nitro benzene ring substituents is 1. The predicted octanol–water partition coefficient (Wildman–Crippen LogP) is 2.10. The molecule has 2 aromatic rings. The first-order chi connectivity index (χ1) is 13.3. The molecule has 0 radical (unpaired) electrons. The smallest absolute Gasteiger partial charge is 0.323 e. The van der Waals surface area contributed by atoms with E-state index >= 15 is 0 Å². The van der Waals surface area contributed by atoms with E-state index in [0.29, 0.717) is 0 Å². The zero-order chi connectivity index (χ0) is 20.4. The Morgan fingerprint density at radius 2 is 1.75 bits per heavy atom. The summed E-state index contributed by atoms with van der Waals surface area (Å²) in [5.74, 6) is -4.00. The third kappa shape index (κ3) is 3.32. The van der Waals surface area contributed by atoms with Gasteiger partial charge in [0.15, 0.2) is 0 Å². The Labute approximate surface area is 158 Å². The van der Waals surface area contributed by atoms with E-state index in [2.05, 4.69) is 0 Å². The van der Waals surface area contributed by atoms with Gasteiger partial charge in [0, 0.05) is 17.7 Å². The number of benzene rings is 2. The van der Waals surface area contributed by atoms with E-state index in [0.717, 1.165) is 11.0 Å². The van der Waals surface area contributed by atoms with Crippen molar-refractivity contribution in [2.75, 3.05) is 6.54 Å². The molecule has 1 atom stereocenters. The number of carbonyl (C=O) groups is 3. The van der Waals surface area contributed by atoms with Crippen LogP contribution in [0.25, 0.3) is 5.76 Å². The minimum absolute atomic E-state index is 0.145. The second-order valence-corrected chi connectivity index (χ2v) is 6.04. The van der Waals surface area contributed by atoms with E-state index in [1.165, 1.54) is 30.3 Å².